The molecule has 0 aliphatic heterocycles. The molecule has 2 heterocycles. The molecule has 16 heavy (non-hydrogen) atoms. The third-order valence-corrected chi connectivity index (χ3v) is 4.26. The van der Waals surface area contributed by atoms with E-state index in [1.54, 1.807) is 11.3 Å². The van der Waals surface area contributed by atoms with E-state index >= 15 is 0 Å². The van der Waals surface area contributed by atoms with Gasteiger partial charge in [-0.25, -0.2) is 4.98 Å². The van der Waals surface area contributed by atoms with Gasteiger partial charge in [0.2, 0.25) is 5.95 Å². The summed E-state index contributed by atoms with van der Waals surface area (Å²) in [4.78, 5) is 5.75. The molecular formula is C11H14BrN3S. The van der Waals surface area contributed by atoms with Crippen LogP contribution < -0.4 is 5.32 Å². The first-order valence-corrected chi connectivity index (χ1v) is 6.87. The van der Waals surface area contributed by atoms with E-state index in [4.69, 9.17) is 0 Å². The van der Waals surface area contributed by atoms with Crippen molar-refractivity contribution in [2.24, 2.45) is 0 Å². The highest BCUT2D eigenvalue weighted by Crippen LogP contribution is 2.23. The highest BCUT2D eigenvalue weighted by Gasteiger charge is 2.05. The highest BCUT2D eigenvalue weighted by molar-refractivity contribution is 9.10. The van der Waals surface area contributed by atoms with Crippen LogP contribution in [0, 0.1) is 6.92 Å². The van der Waals surface area contributed by atoms with Gasteiger partial charge < -0.3 is 9.88 Å². The SMILES string of the molecule is CCn1cc(C)nc1NCc1sccc1Br. The van der Waals surface area contributed by atoms with Crippen LogP contribution in [0.5, 0.6) is 0 Å². The maximum atomic E-state index is 4.45. The van der Waals surface area contributed by atoms with Crippen LogP contribution in [0.2, 0.25) is 0 Å². The smallest absolute Gasteiger partial charge is 0.203 e. The Hall–Kier alpha value is -0.810. The molecule has 0 aliphatic carbocycles. The predicted molar refractivity (Wildman–Crippen MR) is 72.0 cm³/mol. The fourth-order valence-electron chi connectivity index (χ4n) is 1.54. The molecule has 1 N–H and O–H groups in total. The largest absolute Gasteiger partial charge is 0.351 e. The van der Waals surface area contributed by atoms with Crippen LogP contribution in [0.4, 0.5) is 5.95 Å². The van der Waals surface area contributed by atoms with Crippen LogP contribution in [-0.4, -0.2) is 9.55 Å². The number of nitrogens with zero attached hydrogens (tertiary/aromatic N) is 2. The Kier molecular flexibility index (Phi) is 3.66. The van der Waals surface area contributed by atoms with Crippen LogP contribution in [-0.2, 0) is 13.1 Å². The lowest BCUT2D eigenvalue weighted by atomic mass is 10.5. The zero-order chi connectivity index (χ0) is 11.5. The zero-order valence-corrected chi connectivity index (χ0v) is 11.7. The molecule has 0 aromatic carbocycles. The van der Waals surface area contributed by atoms with Crippen LogP contribution in [0.25, 0.3) is 0 Å². The maximum absolute atomic E-state index is 4.45. The monoisotopic (exact) mass is 299 g/mol. The summed E-state index contributed by atoms with van der Waals surface area (Å²) in [5.41, 5.74) is 1.05. The third-order valence-electron chi connectivity index (χ3n) is 2.34. The molecule has 2 rings (SSSR count). The number of aromatic nitrogens is 2. The van der Waals surface area contributed by atoms with E-state index in [1.807, 2.05) is 6.92 Å². The summed E-state index contributed by atoms with van der Waals surface area (Å²) in [6.45, 7) is 5.88. The van der Waals surface area contributed by atoms with E-state index in [-0.39, 0.29) is 0 Å². The van der Waals surface area contributed by atoms with Gasteiger partial charge in [-0.15, -0.1) is 11.3 Å². The summed E-state index contributed by atoms with van der Waals surface area (Å²) < 4.78 is 3.29. The predicted octanol–water partition coefficient (Wildman–Crippen LogP) is 3.65. The number of halogens is 1. The third kappa shape index (κ3) is 2.47. The molecule has 86 valence electrons. The number of aryl methyl sites for hydroxylation is 2. The van der Waals surface area contributed by atoms with Crippen molar-refractivity contribution in [3.05, 3.63) is 32.7 Å². The molecule has 0 unspecified atom stereocenters. The van der Waals surface area contributed by atoms with Crippen LogP contribution in [0.15, 0.2) is 22.1 Å². The van der Waals surface area contributed by atoms with E-state index in [0.29, 0.717) is 0 Å². The minimum absolute atomic E-state index is 0.814. The Balaban J connectivity index is 2.07. The first-order chi connectivity index (χ1) is 7.70. The van der Waals surface area contributed by atoms with Crippen molar-refractivity contribution in [3.8, 4) is 0 Å². The molecule has 0 fully saturated rings. The topological polar surface area (TPSA) is 29.9 Å². The number of rotatable bonds is 4. The molecule has 0 atom stereocenters. The lowest BCUT2D eigenvalue weighted by molar-refractivity contribution is 0.763. The average Bonchev–Trinajstić information content (AvgIpc) is 2.81. The Bertz CT molecular complexity index is 475. The van der Waals surface area contributed by atoms with Gasteiger partial charge in [0.05, 0.1) is 12.2 Å². The molecule has 0 aliphatic rings. The summed E-state index contributed by atoms with van der Waals surface area (Å²) in [5.74, 6) is 0.945. The second-order valence-electron chi connectivity index (χ2n) is 3.54. The molecule has 2 aromatic rings. The molecule has 5 heteroatoms. The first-order valence-electron chi connectivity index (χ1n) is 5.20. The Labute approximate surface area is 108 Å². The van der Waals surface area contributed by atoms with E-state index in [1.165, 1.54) is 4.88 Å². The number of thiophene rings is 1. The maximum Gasteiger partial charge on any atom is 0.203 e. The summed E-state index contributed by atoms with van der Waals surface area (Å²) in [6.07, 6.45) is 2.06. The van der Waals surface area contributed by atoms with Crippen molar-refractivity contribution in [1.82, 2.24) is 9.55 Å². The van der Waals surface area contributed by atoms with Crippen molar-refractivity contribution < 1.29 is 0 Å². The fourth-order valence-corrected chi connectivity index (χ4v) is 2.97. The molecule has 0 saturated heterocycles. The number of hydrogen-bond acceptors (Lipinski definition) is 3. The van der Waals surface area contributed by atoms with E-state index in [0.717, 1.165) is 29.2 Å². The minimum atomic E-state index is 0.814. The average molecular weight is 300 g/mol. The lowest BCUT2D eigenvalue weighted by Crippen LogP contribution is -2.05. The van der Waals surface area contributed by atoms with Gasteiger partial charge >= 0.3 is 0 Å². The van der Waals surface area contributed by atoms with Crippen molar-refractivity contribution in [2.75, 3.05) is 5.32 Å². The molecule has 3 nitrogen and oxygen atoms in total. The van der Waals surface area contributed by atoms with Gasteiger partial charge in [0, 0.05) is 22.1 Å². The number of imidazole rings is 1. The molecule has 0 bridgehead atoms. The van der Waals surface area contributed by atoms with E-state index in [2.05, 4.69) is 55.4 Å². The summed E-state index contributed by atoms with van der Waals surface area (Å²) in [6, 6.07) is 2.07. The Morgan fingerprint density at radius 3 is 3.00 bits per heavy atom. The minimum Gasteiger partial charge on any atom is -0.351 e. The Morgan fingerprint density at radius 1 is 1.56 bits per heavy atom. The summed E-state index contributed by atoms with van der Waals surface area (Å²) in [5, 5.41) is 5.44. The second-order valence-corrected chi connectivity index (χ2v) is 5.39. The van der Waals surface area contributed by atoms with Gasteiger partial charge in [-0.1, -0.05) is 0 Å². The van der Waals surface area contributed by atoms with Crippen molar-refractivity contribution >= 4 is 33.2 Å². The second kappa shape index (κ2) is 5.01. The quantitative estimate of drug-likeness (QED) is 0.934. The van der Waals surface area contributed by atoms with Gasteiger partial charge in [-0.2, -0.15) is 0 Å². The van der Waals surface area contributed by atoms with Gasteiger partial charge in [-0.3, -0.25) is 0 Å². The number of nitrogens with one attached hydrogen (secondary N) is 1. The fraction of sp³-hybridized carbons (Fsp3) is 0.364. The van der Waals surface area contributed by atoms with E-state index < -0.39 is 0 Å². The van der Waals surface area contributed by atoms with Crippen LogP contribution in [0.1, 0.15) is 17.5 Å². The molecule has 0 amide bonds. The molecule has 0 radical (unpaired) electrons. The summed E-state index contributed by atoms with van der Waals surface area (Å²) >= 11 is 5.27. The molecule has 0 saturated carbocycles. The number of anilines is 1. The van der Waals surface area contributed by atoms with Crippen LogP contribution in [0.3, 0.4) is 0 Å². The van der Waals surface area contributed by atoms with Crippen molar-refractivity contribution in [3.63, 3.8) is 0 Å². The van der Waals surface area contributed by atoms with Crippen molar-refractivity contribution in [1.29, 1.82) is 0 Å². The Morgan fingerprint density at radius 2 is 2.38 bits per heavy atom. The molecule has 0 spiro atoms. The zero-order valence-electron chi connectivity index (χ0n) is 9.33. The van der Waals surface area contributed by atoms with Gasteiger partial charge in [-0.05, 0) is 41.2 Å². The van der Waals surface area contributed by atoms with E-state index in [9.17, 15) is 0 Å². The molecule has 2 aromatic heterocycles. The molecular weight excluding hydrogens is 286 g/mol. The van der Waals surface area contributed by atoms with Gasteiger partial charge in [0.1, 0.15) is 0 Å². The first kappa shape index (κ1) is 11.7. The lowest BCUT2D eigenvalue weighted by Gasteiger charge is -2.06. The standard InChI is InChI=1S/C11H14BrN3S/c1-3-15-7-8(2)14-11(15)13-6-10-9(12)4-5-16-10/h4-5,7H,3,6H2,1-2H3,(H,13,14). The van der Waals surface area contributed by atoms with Gasteiger partial charge in [0.15, 0.2) is 0 Å². The summed E-state index contributed by atoms with van der Waals surface area (Å²) in [7, 11) is 0. The number of hydrogen-bond donors (Lipinski definition) is 1. The van der Waals surface area contributed by atoms with Crippen molar-refractivity contribution in [2.45, 2.75) is 26.9 Å². The highest BCUT2D eigenvalue weighted by atomic mass is 79.9. The van der Waals surface area contributed by atoms with Gasteiger partial charge in [0.25, 0.3) is 0 Å². The normalized spacial score (nSPS) is 10.7. The van der Waals surface area contributed by atoms with Crippen LogP contribution >= 0.6 is 27.3 Å².